The molecule has 0 bridgehead atoms. The molecule has 0 aliphatic carbocycles. The van der Waals surface area contributed by atoms with E-state index in [2.05, 4.69) is 0 Å². The van der Waals surface area contributed by atoms with Gasteiger partial charge in [-0.15, -0.1) is 0 Å². The van der Waals surface area contributed by atoms with Crippen molar-refractivity contribution in [2.45, 2.75) is 5.51 Å². The third-order valence-corrected chi connectivity index (χ3v) is 2.87. The molecule has 1 aromatic carbocycles. The van der Waals surface area contributed by atoms with E-state index in [-0.39, 0.29) is 17.8 Å². The van der Waals surface area contributed by atoms with Crippen molar-refractivity contribution in [1.29, 1.82) is 0 Å². The minimum atomic E-state index is -4.46. The number of rotatable bonds is 5. The van der Waals surface area contributed by atoms with E-state index in [0.717, 1.165) is 0 Å². The molecular formula is C10H7F5N2O3S. The first kappa shape index (κ1) is 17.1. The first-order chi connectivity index (χ1) is 9.61. The van der Waals surface area contributed by atoms with Gasteiger partial charge in [-0.1, -0.05) is 0 Å². The van der Waals surface area contributed by atoms with Crippen LogP contribution in [-0.4, -0.2) is 28.6 Å². The van der Waals surface area contributed by atoms with Crippen molar-refractivity contribution < 1.29 is 31.7 Å². The third kappa shape index (κ3) is 5.17. The molecule has 21 heavy (non-hydrogen) atoms. The number of nitro groups is 1. The minimum Gasteiger partial charge on any atom is -0.351 e. The van der Waals surface area contributed by atoms with Gasteiger partial charge < -0.3 is 5.32 Å². The monoisotopic (exact) mass is 330 g/mol. The summed E-state index contributed by atoms with van der Waals surface area (Å²) in [4.78, 5) is 20.6. The number of alkyl halides is 3. The van der Waals surface area contributed by atoms with E-state index < -0.39 is 51.5 Å². The van der Waals surface area contributed by atoms with E-state index in [0.29, 0.717) is 6.07 Å². The largest absolute Gasteiger partial charge is 0.441 e. The second kappa shape index (κ2) is 6.70. The Morgan fingerprint density at radius 1 is 1.29 bits per heavy atom. The fraction of sp³-hybridized carbons (Fsp3) is 0.300. The molecule has 0 aromatic heterocycles. The highest BCUT2D eigenvalue weighted by atomic mass is 32.2. The molecule has 0 unspecified atom stereocenters. The second-order valence-corrected chi connectivity index (χ2v) is 4.75. The molecule has 0 fully saturated rings. The van der Waals surface area contributed by atoms with Gasteiger partial charge in [0.1, 0.15) is 5.82 Å². The molecule has 11 heteroatoms. The van der Waals surface area contributed by atoms with Crippen LogP contribution in [0.1, 0.15) is 10.4 Å². The number of halogens is 5. The molecular weight excluding hydrogens is 323 g/mol. The molecule has 0 saturated carbocycles. The van der Waals surface area contributed by atoms with Gasteiger partial charge in [0.05, 0.1) is 16.6 Å². The summed E-state index contributed by atoms with van der Waals surface area (Å²) >= 11 is -0.387. The zero-order chi connectivity index (χ0) is 16.2. The molecule has 0 saturated heterocycles. The van der Waals surface area contributed by atoms with E-state index in [1.165, 1.54) is 0 Å². The fourth-order valence-corrected chi connectivity index (χ4v) is 1.71. The number of hydrogen-bond donors (Lipinski definition) is 1. The highest BCUT2D eigenvalue weighted by Gasteiger charge is 2.27. The maximum Gasteiger partial charge on any atom is 0.441 e. The van der Waals surface area contributed by atoms with Crippen molar-refractivity contribution in [3.63, 3.8) is 0 Å². The van der Waals surface area contributed by atoms with E-state index in [4.69, 9.17) is 0 Å². The van der Waals surface area contributed by atoms with Crippen molar-refractivity contribution in [1.82, 2.24) is 5.32 Å². The van der Waals surface area contributed by atoms with Gasteiger partial charge in [-0.2, -0.15) is 17.6 Å². The van der Waals surface area contributed by atoms with Crippen molar-refractivity contribution in [3.8, 4) is 0 Å². The number of nitrogens with zero attached hydrogens (tertiary/aromatic N) is 1. The van der Waals surface area contributed by atoms with Gasteiger partial charge in [0.25, 0.3) is 5.91 Å². The molecule has 0 radical (unpaired) electrons. The van der Waals surface area contributed by atoms with Crippen LogP contribution in [0.2, 0.25) is 0 Å². The Morgan fingerprint density at radius 3 is 2.43 bits per heavy atom. The topological polar surface area (TPSA) is 72.2 Å². The van der Waals surface area contributed by atoms with Crippen LogP contribution in [0, 0.1) is 21.7 Å². The Kier molecular flexibility index (Phi) is 5.47. The number of nitro benzene ring substituents is 1. The number of thioether (sulfide) groups is 1. The van der Waals surface area contributed by atoms with Gasteiger partial charge >= 0.3 is 11.2 Å². The average Bonchev–Trinajstić information content (AvgIpc) is 2.35. The molecule has 1 aromatic rings. The van der Waals surface area contributed by atoms with Crippen molar-refractivity contribution in [2.75, 3.05) is 12.3 Å². The van der Waals surface area contributed by atoms with Crippen LogP contribution >= 0.6 is 11.8 Å². The lowest BCUT2D eigenvalue weighted by molar-refractivity contribution is -0.387. The summed E-state index contributed by atoms with van der Waals surface area (Å²) in [6, 6.07) is 0.550. The molecule has 1 N–H and O–H groups in total. The van der Waals surface area contributed by atoms with E-state index >= 15 is 0 Å². The minimum absolute atomic E-state index is 0.231. The number of nitrogens with one attached hydrogen (secondary N) is 1. The van der Waals surface area contributed by atoms with E-state index in [1.807, 2.05) is 5.32 Å². The Bertz CT molecular complexity index is 564. The summed E-state index contributed by atoms with van der Waals surface area (Å²) in [5.41, 5.74) is -6.43. The second-order valence-electron chi connectivity index (χ2n) is 3.59. The Hall–Kier alpha value is -1.91. The summed E-state index contributed by atoms with van der Waals surface area (Å²) in [7, 11) is 0. The summed E-state index contributed by atoms with van der Waals surface area (Å²) in [6.07, 6.45) is 0. The predicted molar refractivity (Wildman–Crippen MR) is 63.9 cm³/mol. The molecule has 0 heterocycles. The first-order valence-corrected chi connectivity index (χ1v) is 6.22. The van der Waals surface area contributed by atoms with Crippen LogP contribution in [0.3, 0.4) is 0 Å². The molecule has 0 atom stereocenters. The highest BCUT2D eigenvalue weighted by molar-refractivity contribution is 8.00. The van der Waals surface area contributed by atoms with Crippen molar-refractivity contribution in [3.05, 3.63) is 39.4 Å². The predicted octanol–water partition coefficient (Wildman–Crippen LogP) is 2.86. The number of benzene rings is 1. The molecule has 0 aliphatic rings. The van der Waals surface area contributed by atoms with Gasteiger partial charge in [-0.25, -0.2) is 4.39 Å². The van der Waals surface area contributed by atoms with Gasteiger partial charge in [0.2, 0.25) is 5.82 Å². The van der Waals surface area contributed by atoms with Crippen LogP contribution in [0.5, 0.6) is 0 Å². The molecule has 0 aliphatic heterocycles. The van der Waals surface area contributed by atoms with Crippen LogP contribution < -0.4 is 5.32 Å². The lowest BCUT2D eigenvalue weighted by atomic mass is 10.1. The smallest absolute Gasteiger partial charge is 0.351 e. The molecule has 116 valence electrons. The Balaban J connectivity index is 2.71. The van der Waals surface area contributed by atoms with E-state index in [1.54, 1.807) is 0 Å². The number of carbonyl (C=O) groups excluding carboxylic acids is 1. The molecule has 1 rings (SSSR count). The Labute approximate surface area is 118 Å². The molecule has 0 spiro atoms. The van der Waals surface area contributed by atoms with Gasteiger partial charge in [0, 0.05) is 12.3 Å². The van der Waals surface area contributed by atoms with Crippen LogP contribution in [0.15, 0.2) is 12.1 Å². The number of hydrogen-bond acceptors (Lipinski definition) is 4. The van der Waals surface area contributed by atoms with Crippen LogP contribution in [-0.2, 0) is 0 Å². The summed E-state index contributed by atoms with van der Waals surface area (Å²) < 4.78 is 62.1. The normalized spacial score (nSPS) is 11.3. The third-order valence-electron chi connectivity index (χ3n) is 2.13. The van der Waals surface area contributed by atoms with Crippen LogP contribution in [0.25, 0.3) is 0 Å². The van der Waals surface area contributed by atoms with Gasteiger partial charge in [-0.05, 0) is 17.8 Å². The fourth-order valence-electron chi connectivity index (χ4n) is 1.28. The summed E-state index contributed by atoms with van der Waals surface area (Å²) in [5, 5.41) is 12.3. The molecule has 5 nitrogen and oxygen atoms in total. The lowest BCUT2D eigenvalue weighted by Crippen LogP contribution is -2.27. The maximum atomic E-state index is 13.4. The Morgan fingerprint density at radius 2 is 1.90 bits per heavy atom. The zero-order valence-corrected chi connectivity index (χ0v) is 10.9. The highest BCUT2D eigenvalue weighted by Crippen LogP contribution is 2.29. The van der Waals surface area contributed by atoms with Crippen molar-refractivity contribution in [2.24, 2.45) is 0 Å². The van der Waals surface area contributed by atoms with E-state index in [9.17, 15) is 36.9 Å². The van der Waals surface area contributed by atoms with Gasteiger partial charge in [-0.3, -0.25) is 14.9 Å². The quantitative estimate of drug-likeness (QED) is 0.390. The number of carbonyl (C=O) groups is 1. The number of amides is 1. The molecule has 1 amide bonds. The van der Waals surface area contributed by atoms with Crippen molar-refractivity contribution >= 4 is 23.4 Å². The lowest BCUT2D eigenvalue weighted by Gasteiger charge is -2.08. The maximum absolute atomic E-state index is 13.4. The standard InChI is InChI=1S/C10H7F5N2O3S/c11-6-4-8(17(19)20)7(12)3-5(6)9(18)16-1-2-21-10(13,14)15/h3-4H,1-2H2,(H,16,18). The summed E-state index contributed by atoms with van der Waals surface area (Å²) in [6.45, 7) is -0.430. The summed E-state index contributed by atoms with van der Waals surface area (Å²) in [5.74, 6) is -4.43. The van der Waals surface area contributed by atoms with Crippen LogP contribution in [0.4, 0.5) is 27.6 Å². The average molecular weight is 330 g/mol. The SMILES string of the molecule is O=C(NCCSC(F)(F)F)c1cc(F)c([N+](=O)[O-])cc1F. The first-order valence-electron chi connectivity index (χ1n) is 5.24. The van der Waals surface area contributed by atoms with Gasteiger partial charge in [0.15, 0.2) is 0 Å². The zero-order valence-electron chi connectivity index (χ0n) is 10.0.